The summed E-state index contributed by atoms with van der Waals surface area (Å²) in [6, 6.07) is 7.17. The van der Waals surface area contributed by atoms with Gasteiger partial charge in [-0.2, -0.15) is 21.6 Å². The predicted molar refractivity (Wildman–Crippen MR) is 82.2 cm³/mol. The van der Waals surface area contributed by atoms with E-state index in [1.807, 2.05) is 0 Å². The Morgan fingerprint density at radius 1 is 1.16 bits per heavy atom. The molecule has 0 heterocycles. The van der Waals surface area contributed by atoms with E-state index in [1.54, 1.807) is 0 Å². The number of benzene rings is 2. The second-order valence-corrected chi connectivity index (χ2v) is 6.26. The van der Waals surface area contributed by atoms with Gasteiger partial charge in [0.1, 0.15) is 10.6 Å². The lowest BCUT2D eigenvalue weighted by Gasteiger charge is -2.11. The number of rotatable bonds is 4. The number of carbonyl (C=O) groups is 1. The Morgan fingerprint density at radius 2 is 1.84 bits per heavy atom. The molecule has 0 radical (unpaired) electrons. The molecule has 2 aromatic carbocycles. The van der Waals surface area contributed by atoms with Crippen molar-refractivity contribution >= 4 is 21.7 Å². The minimum Gasteiger partial charge on any atom is -0.495 e. The van der Waals surface area contributed by atoms with Gasteiger partial charge in [0.05, 0.1) is 12.7 Å². The van der Waals surface area contributed by atoms with Gasteiger partial charge >= 0.3 is 6.18 Å². The number of nitrogens with one attached hydrogen (secondary N) is 1. The predicted octanol–water partition coefficient (Wildman–Crippen LogP) is 3.21. The van der Waals surface area contributed by atoms with Gasteiger partial charge in [0.2, 0.25) is 0 Å². The smallest absolute Gasteiger partial charge is 0.416 e. The molecule has 0 atom stereocenters. The average molecular weight is 375 g/mol. The van der Waals surface area contributed by atoms with Crippen LogP contribution in [0.15, 0.2) is 47.4 Å². The highest BCUT2D eigenvalue weighted by atomic mass is 32.2. The molecule has 2 N–H and O–H groups in total. The third-order valence-electron chi connectivity index (χ3n) is 3.15. The van der Waals surface area contributed by atoms with Gasteiger partial charge in [0.25, 0.3) is 16.0 Å². The average Bonchev–Trinajstić information content (AvgIpc) is 2.52. The van der Waals surface area contributed by atoms with Crippen molar-refractivity contribution in [1.29, 1.82) is 0 Å². The minimum atomic E-state index is -4.65. The quantitative estimate of drug-likeness (QED) is 0.801. The van der Waals surface area contributed by atoms with E-state index in [1.165, 1.54) is 19.2 Å². The fourth-order valence-electron chi connectivity index (χ4n) is 2.00. The summed E-state index contributed by atoms with van der Waals surface area (Å²) in [5, 5.41) is 2.23. The van der Waals surface area contributed by atoms with E-state index in [4.69, 9.17) is 9.29 Å². The van der Waals surface area contributed by atoms with Gasteiger partial charge in [0, 0.05) is 11.3 Å². The molecule has 0 unspecified atom stereocenters. The second kappa shape index (κ2) is 6.73. The van der Waals surface area contributed by atoms with Gasteiger partial charge in [-0.1, -0.05) is 6.07 Å². The molecule has 0 saturated heterocycles. The third kappa shape index (κ3) is 4.48. The highest BCUT2D eigenvalue weighted by molar-refractivity contribution is 7.86. The van der Waals surface area contributed by atoms with Gasteiger partial charge in [-0.15, -0.1) is 0 Å². The van der Waals surface area contributed by atoms with E-state index in [2.05, 4.69) is 5.32 Å². The summed E-state index contributed by atoms with van der Waals surface area (Å²) in [5.41, 5.74) is -1.26. The molecule has 0 aromatic heterocycles. The van der Waals surface area contributed by atoms with E-state index in [9.17, 15) is 26.4 Å². The Morgan fingerprint density at radius 3 is 2.40 bits per heavy atom. The van der Waals surface area contributed by atoms with E-state index < -0.39 is 32.7 Å². The minimum absolute atomic E-state index is 0.121. The number of amides is 1. The maximum absolute atomic E-state index is 12.7. The van der Waals surface area contributed by atoms with Crippen LogP contribution >= 0.6 is 0 Å². The van der Waals surface area contributed by atoms with E-state index >= 15 is 0 Å². The molecule has 0 saturated carbocycles. The number of ether oxygens (including phenoxy) is 1. The van der Waals surface area contributed by atoms with Crippen LogP contribution in [0.3, 0.4) is 0 Å². The van der Waals surface area contributed by atoms with Crippen LogP contribution in [0.1, 0.15) is 15.9 Å². The van der Waals surface area contributed by atoms with Crippen LogP contribution in [0.5, 0.6) is 5.75 Å². The Bertz CT molecular complexity index is 910. The maximum atomic E-state index is 12.7. The van der Waals surface area contributed by atoms with Gasteiger partial charge in [-0.25, -0.2) is 0 Å². The molecule has 6 nitrogen and oxygen atoms in total. The van der Waals surface area contributed by atoms with E-state index in [0.717, 1.165) is 30.3 Å². The number of carbonyl (C=O) groups excluding carboxylic acids is 1. The zero-order valence-corrected chi connectivity index (χ0v) is 13.5. The summed E-state index contributed by atoms with van der Waals surface area (Å²) in [6.45, 7) is 0. The molecule has 10 heteroatoms. The molecule has 0 fully saturated rings. The first-order valence-corrected chi connectivity index (χ1v) is 8.10. The molecular formula is C15H12F3NO5S. The first kappa shape index (κ1) is 18.7. The normalized spacial score (nSPS) is 11.9. The van der Waals surface area contributed by atoms with E-state index in [-0.39, 0.29) is 17.0 Å². The number of anilines is 1. The highest BCUT2D eigenvalue weighted by Crippen LogP contribution is 2.31. The molecule has 134 valence electrons. The van der Waals surface area contributed by atoms with Crippen molar-refractivity contribution in [2.75, 3.05) is 12.4 Å². The zero-order valence-electron chi connectivity index (χ0n) is 12.7. The van der Waals surface area contributed by atoms with Crippen LogP contribution < -0.4 is 10.1 Å². The molecule has 0 aliphatic rings. The van der Waals surface area contributed by atoms with Crippen LogP contribution in [-0.2, 0) is 16.3 Å². The number of hydrogen-bond acceptors (Lipinski definition) is 4. The fraction of sp³-hybridized carbons (Fsp3) is 0.133. The molecule has 0 aliphatic carbocycles. The van der Waals surface area contributed by atoms with Crippen molar-refractivity contribution in [2.45, 2.75) is 11.1 Å². The largest absolute Gasteiger partial charge is 0.495 e. The van der Waals surface area contributed by atoms with Crippen LogP contribution in [-0.4, -0.2) is 26.0 Å². The number of halogens is 3. The second-order valence-electron chi connectivity index (χ2n) is 4.87. The first-order valence-electron chi connectivity index (χ1n) is 6.66. The van der Waals surface area contributed by atoms with Crippen LogP contribution in [0.4, 0.5) is 18.9 Å². The van der Waals surface area contributed by atoms with Crippen molar-refractivity contribution in [3.8, 4) is 5.75 Å². The van der Waals surface area contributed by atoms with Crippen LogP contribution in [0, 0.1) is 0 Å². The molecular weight excluding hydrogens is 363 g/mol. The maximum Gasteiger partial charge on any atom is 0.416 e. The lowest BCUT2D eigenvalue weighted by molar-refractivity contribution is -0.137. The molecule has 2 rings (SSSR count). The Labute approximate surface area is 141 Å². The summed E-state index contributed by atoms with van der Waals surface area (Å²) < 4.78 is 74.6. The summed E-state index contributed by atoms with van der Waals surface area (Å²) >= 11 is 0. The fourth-order valence-corrected chi connectivity index (χ4v) is 2.68. The number of hydrogen-bond donors (Lipinski definition) is 2. The van der Waals surface area contributed by atoms with Gasteiger partial charge < -0.3 is 10.1 Å². The Balaban J connectivity index is 2.33. The van der Waals surface area contributed by atoms with E-state index in [0.29, 0.717) is 0 Å². The van der Waals surface area contributed by atoms with Crippen molar-refractivity contribution in [3.05, 3.63) is 53.6 Å². The molecule has 1 amide bonds. The Hall–Kier alpha value is -2.59. The van der Waals surface area contributed by atoms with Crippen molar-refractivity contribution in [1.82, 2.24) is 0 Å². The molecule has 0 bridgehead atoms. The number of alkyl halides is 3. The lowest BCUT2D eigenvalue weighted by atomic mass is 10.1. The highest BCUT2D eigenvalue weighted by Gasteiger charge is 2.30. The molecule has 0 aliphatic heterocycles. The summed E-state index contributed by atoms with van der Waals surface area (Å²) in [5.74, 6) is -1.04. The standard InChI is InChI=1S/C15H12F3NO5S/c1-24-12-6-5-9(7-13(12)25(21,22)23)14(20)19-11-4-2-3-10(8-11)15(16,17)18/h2-8H,1H3,(H,19,20)(H,21,22,23). The third-order valence-corrected chi connectivity index (χ3v) is 4.03. The van der Waals surface area contributed by atoms with Crippen LogP contribution in [0.25, 0.3) is 0 Å². The molecule has 25 heavy (non-hydrogen) atoms. The monoisotopic (exact) mass is 375 g/mol. The van der Waals surface area contributed by atoms with Gasteiger partial charge in [-0.3, -0.25) is 9.35 Å². The number of methoxy groups -OCH3 is 1. The topological polar surface area (TPSA) is 92.7 Å². The molecule has 0 spiro atoms. The van der Waals surface area contributed by atoms with Crippen molar-refractivity contribution in [2.24, 2.45) is 0 Å². The summed E-state index contributed by atoms with van der Waals surface area (Å²) in [6.07, 6.45) is -4.57. The SMILES string of the molecule is COc1ccc(C(=O)Nc2cccc(C(F)(F)F)c2)cc1S(=O)(=O)O. The lowest BCUT2D eigenvalue weighted by Crippen LogP contribution is -2.14. The first-order chi connectivity index (χ1) is 11.5. The zero-order chi connectivity index (χ0) is 18.8. The van der Waals surface area contributed by atoms with Gasteiger partial charge in [0.15, 0.2) is 0 Å². The molecule has 2 aromatic rings. The summed E-state index contributed by atoms with van der Waals surface area (Å²) in [4.78, 5) is 11.5. The van der Waals surface area contributed by atoms with Crippen LogP contribution in [0.2, 0.25) is 0 Å². The van der Waals surface area contributed by atoms with Crippen molar-refractivity contribution < 1.29 is 35.7 Å². The van der Waals surface area contributed by atoms with Gasteiger partial charge in [-0.05, 0) is 36.4 Å². The summed E-state index contributed by atoms with van der Waals surface area (Å²) in [7, 11) is -3.48. The van der Waals surface area contributed by atoms with Crippen molar-refractivity contribution in [3.63, 3.8) is 0 Å². The Kier molecular flexibility index (Phi) is 5.04.